The first-order valence-corrected chi connectivity index (χ1v) is 7.87. The van der Waals surface area contributed by atoms with Crippen molar-refractivity contribution >= 4 is 40.7 Å². The average molecular weight is 409 g/mol. The van der Waals surface area contributed by atoms with E-state index in [1.165, 1.54) is 12.8 Å². The number of benzene rings is 1. The number of rotatable bonds is 3. The Morgan fingerprint density at radius 2 is 1.91 bits per heavy atom. The maximum atomic E-state index is 10.4. The molecule has 0 bridgehead atoms. The second kappa shape index (κ2) is 8.37. The number of piperazine rings is 1. The number of nitrogens with one attached hydrogen (secondary N) is 1. The second-order valence-electron chi connectivity index (χ2n) is 5.58. The Morgan fingerprint density at radius 3 is 2.45 bits per heavy atom. The lowest BCUT2D eigenvalue weighted by molar-refractivity contribution is 0.153. The summed E-state index contributed by atoms with van der Waals surface area (Å²) >= 11 is 3.37. The Kier molecular flexibility index (Phi) is 7.43. The molecule has 1 aliphatic heterocycles. The van der Waals surface area contributed by atoms with Gasteiger partial charge in [-0.05, 0) is 46.8 Å². The fourth-order valence-electron chi connectivity index (χ4n) is 3.03. The number of nitriles is 1. The molecule has 22 heavy (non-hydrogen) atoms. The summed E-state index contributed by atoms with van der Waals surface area (Å²) in [6, 6.07) is 5.95. The van der Waals surface area contributed by atoms with Crippen LogP contribution >= 0.6 is 40.7 Å². The summed E-state index contributed by atoms with van der Waals surface area (Å²) in [5.74, 6) is 0.902. The van der Waals surface area contributed by atoms with Gasteiger partial charge in [-0.3, -0.25) is 4.90 Å². The maximum absolute atomic E-state index is 10.4. The van der Waals surface area contributed by atoms with Crippen LogP contribution < -0.4 is 5.32 Å². The van der Waals surface area contributed by atoms with Crippen LogP contribution in [0, 0.1) is 17.2 Å². The molecule has 1 saturated heterocycles. The first-order valence-electron chi connectivity index (χ1n) is 7.08. The van der Waals surface area contributed by atoms with Crippen molar-refractivity contribution in [2.24, 2.45) is 5.92 Å². The molecule has 7 heteroatoms. The third-order valence-electron chi connectivity index (χ3n) is 4.15. The molecule has 0 amide bonds. The monoisotopic (exact) mass is 407 g/mol. The third-order valence-corrected chi connectivity index (χ3v) is 4.76. The summed E-state index contributed by atoms with van der Waals surface area (Å²) in [6.07, 6.45) is 2.42. The molecule has 4 nitrogen and oxygen atoms in total. The fraction of sp³-hybridized carbons (Fsp3) is 0.533. The molecule has 2 fully saturated rings. The van der Waals surface area contributed by atoms with E-state index in [4.69, 9.17) is 5.26 Å². The molecule has 0 radical (unpaired) electrons. The molecule has 2 aliphatic rings. The smallest absolute Gasteiger partial charge is 0.134 e. The van der Waals surface area contributed by atoms with E-state index in [-0.39, 0.29) is 30.9 Å². The molecule has 0 aromatic heterocycles. The zero-order valence-corrected chi connectivity index (χ0v) is 15.3. The Labute approximate surface area is 151 Å². The van der Waals surface area contributed by atoms with E-state index >= 15 is 0 Å². The van der Waals surface area contributed by atoms with Gasteiger partial charge < -0.3 is 10.4 Å². The van der Waals surface area contributed by atoms with Crippen LogP contribution in [0.4, 0.5) is 0 Å². The van der Waals surface area contributed by atoms with Crippen molar-refractivity contribution in [2.75, 3.05) is 26.2 Å². The Morgan fingerprint density at radius 1 is 1.27 bits per heavy atom. The second-order valence-corrected chi connectivity index (χ2v) is 6.43. The van der Waals surface area contributed by atoms with E-state index < -0.39 is 0 Å². The molecule has 1 aliphatic carbocycles. The summed E-state index contributed by atoms with van der Waals surface area (Å²) in [6.45, 7) is 3.97. The van der Waals surface area contributed by atoms with Gasteiger partial charge in [0.15, 0.2) is 0 Å². The van der Waals surface area contributed by atoms with Crippen molar-refractivity contribution in [3.05, 3.63) is 27.7 Å². The normalized spacial score (nSPS) is 19.5. The van der Waals surface area contributed by atoms with Crippen LogP contribution in [0.15, 0.2) is 16.6 Å². The quantitative estimate of drug-likeness (QED) is 0.805. The van der Waals surface area contributed by atoms with Gasteiger partial charge in [0.05, 0.1) is 16.1 Å². The highest BCUT2D eigenvalue weighted by molar-refractivity contribution is 9.10. The van der Waals surface area contributed by atoms with Gasteiger partial charge in [-0.2, -0.15) is 5.26 Å². The molecule has 122 valence electrons. The molecule has 1 aromatic rings. The van der Waals surface area contributed by atoms with Crippen LogP contribution in [0.3, 0.4) is 0 Å². The van der Waals surface area contributed by atoms with Gasteiger partial charge in [-0.1, -0.05) is 0 Å². The molecular formula is C15H20BrCl2N3O. The molecule has 3 rings (SSSR count). The van der Waals surface area contributed by atoms with Crippen molar-refractivity contribution in [1.29, 1.82) is 5.26 Å². The third kappa shape index (κ3) is 4.06. The molecule has 0 spiro atoms. The summed E-state index contributed by atoms with van der Waals surface area (Å²) in [5.41, 5.74) is 1.51. The average Bonchev–Trinajstić information content (AvgIpc) is 3.29. The summed E-state index contributed by atoms with van der Waals surface area (Å²) < 4.78 is 0.618. The minimum Gasteiger partial charge on any atom is -0.506 e. The van der Waals surface area contributed by atoms with E-state index in [0.29, 0.717) is 21.7 Å². The lowest BCUT2D eigenvalue weighted by Crippen LogP contribution is -2.45. The largest absolute Gasteiger partial charge is 0.506 e. The maximum Gasteiger partial charge on any atom is 0.134 e. The topological polar surface area (TPSA) is 59.3 Å². The molecule has 1 heterocycles. The number of aromatic hydroxyl groups is 1. The van der Waals surface area contributed by atoms with Gasteiger partial charge in [-0.15, -0.1) is 24.8 Å². The lowest BCUT2D eigenvalue weighted by atomic mass is 9.97. The SMILES string of the molecule is Cl.Cl.N#Cc1cc(Br)c(O)c([C@@H](C2CC2)N2CCNCC2)c1. The molecule has 1 saturated carbocycles. The van der Waals surface area contributed by atoms with E-state index in [9.17, 15) is 5.11 Å². The van der Waals surface area contributed by atoms with Gasteiger partial charge in [0.1, 0.15) is 5.75 Å². The van der Waals surface area contributed by atoms with Crippen LogP contribution in [-0.2, 0) is 0 Å². The zero-order valence-electron chi connectivity index (χ0n) is 12.1. The van der Waals surface area contributed by atoms with Crippen LogP contribution in [0.1, 0.15) is 30.0 Å². The van der Waals surface area contributed by atoms with Gasteiger partial charge >= 0.3 is 0 Å². The van der Waals surface area contributed by atoms with Crippen molar-refractivity contribution in [2.45, 2.75) is 18.9 Å². The van der Waals surface area contributed by atoms with Crippen LogP contribution in [-0.4, -0.2) is 36.2 Å². The molecule has 0 unspecified atom stereocenters. The van der Waals surface area contributed by atoms with Crippen LogP contribution in [0.2, 0.25) is 0 Å². The number of hydrogen-bond donors (Lipinski definition) is 2. The van der Waals surface area contributed by atoms with Crippen LogP contribution in [0.5, 0.6) is 5.75 Å². The van der Waals surface area contributed by atoms with E-state index in [0.717, 1.165) is 31.7 Å². The minimum atomic E-state index is 0. The summed E-state index contributed by atoms with van der Waals surface area (Å²) in [5, 5.41) is 22.9. The van der Waals surface area contributed by atoms with E-state index in [1.54, 1.807) is 6.07 Å². The minimum absolute atomic E-state index is 0. The van der Waals surface area contributed by atoms with Crippen molar-refractivity contribution in [3.8, 4) is 11.8 Å². The van der Waals surface area contributed by atoms with Crippen LogP contribution in [0.25, 0.3) is 0 Å². The van der Waals surface area contributed by atoms with Gasteiger partial charge in [0, 0.05) is 37.8 Å². The number of hydrogen-bond acceptors (Lipinski definition) is 4. The Bertz CT molecular complexity index is 554. The number of phenolic OH excluding ortho intramolecular Hbond substituents is 1. The highest BCUT2D eigenvalue weighted by Gasteiger charge is 2.38. The highest BCUT2D eigenvalue weighted by Crippen LogP contribution is 2.48. The lowest BCUT2D eigenvalue weighted by Gasteiger charge is -2.36. The number of nitrogens with zero attached hydrogens (tertiary/aromatic N) is 2. The fourth-order valence-corrected chi connectivity index (χ4v) is 3.51. The first-order chi connectivity index (χ1) is 9.70. The van der Waals surface area contributed by atoms with Crippen molar-refractivity contribution < 1.29 is 5.11 Å². The Hall–Kier alpha value is -0.510. The van der Waals surface area contributed by atoms with Gasteiger partial charge in [0.25, 0.3) is 0 Å². The molecule has 2 N–H and O–H groups in total. The summed E-state index contributed by atoms with van der Waals surface area (Å²) in [4.78, 5) is 2.44. The molecule has 1 atom stereocenters. The predicted molar refractivity (Wildman–Crippen MR) is 94.9 cm³/mol. The molecule has 1 aromatic carbocycles. The number of halogens is 3. The molecular weight excluding hydrogens is 389 g/mol. The standard InChI is InChI=1S/C15H18BrN3O.2ClH/c16-13-8-10(9-17)7-12(15(13)20)14(11-1-2-11)19-5-3-18-4-6-19;;/h7-8,11,14,18,20H,1-6H2;2*1H/t14-;;/m1../s1. The van der Waals surface area contributed by atoms with E-state index in [2.05, 4.69) is 32.2 Å². The first kappa shape index (κ1) is 19.5. The number of phenols is 1. The predicted octanol–water partition coefficient (Wildman–Crippen LogP) is 3.23. The Balaban J connectivity index is 0.00000121. The van der Waals surface area contributed by atoms with Gasteiger partial charge in [0.2, 0.25) is 0 Å². The highest BCUT2D eigenvalue weighted by atomic mass is 79.9. The van der Waals surface area contributed by atoms with Crippen molar-refractivity contribution in [1.82, 2.24) is 10.2 Å². The van der Waals surface area contributed by atoms with E-state index in [1.807, 2.05) is 6.07 Å². The van der Waals surface area contributed by atoms with Crippen molar-refractivity contribution in [3.63, 3.8) is 0 Å². The zero-order chi connectivity index (χ0) is 14.1. The summed E-state index contributed by atoms with van der Waals surface area (Å²) in [7, 11) is 0. The van der Waals surface area contributed by atoms with Gasteiger partial charge in [-0.25, -0.2) is 0 Å².